The fourth-order valence-electron chi connectivity index (χ4n) is 3.66. The molecule has 3 rings (SSSR count). The molecule has 8 heteroatoms. The maximum absolute atomic E-state index is 13.1. The Hall–Kier alpha value is -2.93. The highest BCUT2D eigenvalue weighted by molar-refractivity contribution is 6.31. The van der Waals surface area contributed by atoms with Gasteiger partial charge in [0, 0.05) is 17.3 Å². The lowest BCUT2D eigenvalue weighted by atomic mass is 10.1. The van der Waals surface area contributed by atoms with Gasteiger partial charge in [-0.25, -0.2) is 4.39 Å². The summed E-state index contributed by atoms with van der Waals surface area (Å²) in [6.45, 7) is 6.11. The van der Waals surface area contributed by atoms with Crippen LogP contribution in [0.1, 0.15) is 25.0 Å². The molecule has 32 heavy (non-hydrogen) atoms. The summed E-state index contributed by atoms with van der Waals surface area (Å²) in [7, 11) is 0. The first-order chi connectivity index (χ1) is 15.2. The second-order valence-electron chi connectivity index (χ2n) is 8.41. The zero-order chi connectivity index (χ0) is 23.4. The Morgan fingerprint density at radius 1 is 1.16 bits per heavy atom. The fraction of sp³-hybridized carbons (Fsp3) is 0.375. The van der Waals surface area contributed by atoms with Crippen LogP contribution in [-0.4, -0.2) is 53.8 Å². The number of carbonyl (C=O) groups is 3. The quantitative estimate of drug-likeness (QED) is 0.635. The molecule has 0 saturated carbocycles. The van der Waals surface area contributed by atoms with Gasteiger partial charge in [-0.15, -0.1) is 0 Å². The Bertz CT molecular complexity index is 1010. The summed E-state index contributed by atoms with van der Waals surface area (Å²) >= 11 is 6.18. The molecule has 1 aliphatic rings. The second kappa shape index (κ2) is 10.1. The van der Waals surface area contributed by atoms with Gasteiger partial charge in [-0.1, -0.05) is 43.6 Å². The van der Waals surface area contributed by atoms with Gasteiger partial charge in [-0.05, 0) is 48.2 Å². The Morgan fingerprint density at radius 3 is 2.50 bits per heavy atom. The van der Waals surface area contributed by atoms with Crippen LogP contribution in [0.4, 0.5) is 10.1 Å². The summed E-state index contributed by atoms with van der Waals surface area (Å²) in [6, 6.07) is 11.1. The van der Waals surface area contributed by atoms with E-state index in [1.54, 1.807) is 30.3 Å². The molecule has 0 N–H and O–H groups in total. The molecule has 0 radical (unpaired) electrons. The molecule has 2 aromatic carbocycles. The SMILES string of the molecule is Cc1c(Cl)cccc1N1CN(C(=O)CN(CC(C)C)C(=O)Cc2ccc(F)cc2)CC1=O. The molecule has 1 saturated heterocycles. The van der Waals surface area contributed by atoms with Crippen molar-refractivity contribution in [1.82, 2.24) is 9.80 Å². The monoisotopic (exact) mass is 459 g/mol. The van der Waals surface area contributed by atoms with E-state index in [0.29, 0.717) is 22.8 Å². The van der Waals surface area contributed by atoms with Gasteiger partial charge in [0.15, 0.2) is 0 Å². The maximum Gasteiger partial charge on any atom is 0.248 e. The fourth-order valence-corrected chi connectivity index (χ4v) is 3.83. The molecule has 1 aliphatic heterocycles. The molecule has 170 valence electrons. The molecule has 6 nitrogen and oxygen atoms in total. The van der Waals surface area contributed by atoms with Crippen molar-refractivity contribution in [2.45, 2.75) is 27.2 Å². The van der Waals surface area contributed by atoms with Gasteiger partial charge < -0.3 is 9.80 Å². The van der Waals surface area contributed by atoms with E-state index in [4.69, 9.17) is 11.6 Å². The Labute approximate surface area is 192 Å². The van der Waals surface area contributed by atoms with Crippen molar-refractivity contribution >= 4 is 35.0 Å². The number of anilines is 1. The van der Waals surface area contributed by atoms with Crippen LogP contribution in [-0.2, 0) is 20.8 Å². The van der Waals surface area contributed by atoms with E-state index in [0.717, 1.165) is 5.56 Å². The summed E-state index contributed by atoms with van der Waals surface area (Å²) < 4.78 is 13.1. The first-order valence-corrected chi connectivity index (χ1v) is 10.9. The number of benzene rings is 2. The van der Waals surface area contributed by atoms with E-state index < -0.39 is 0 Å². The third-order valence-corrected chi connectivity index (χ3v) is 5.76. The minimum absolute atomic E-state index is 0.0491. The predicted octanol–water partition coefficient (Wildman–Crippen LogP) is 3.65. The van der Waals surface area contributed by atoms with Gasteiger partial charge in [-0.3, -0.25) is 19.3 Å². The minimum atomic E-state index is -0.367. The second-order valence-corrected chi connectivity index (χ2v) is 8.82. The number of hydrogen-bond acceptors (Lipinski definition) is 3. The molecule has 0 aromatic heterocycles. The van der Waals surface area contributed by atoms with E-state index >= 15 is 0 Å². The average molecular weight is 460 g/mol. The molecule has 1 heterocycles. The van der Waals surface area contributed by atoms with Gasteiger partial charge in [0.1, 0.15) is 19.0 Å². The van der Waals surface area contributed by atoms with Crippen LogP contribution in [0.2, 0.25) is 5.02 Å². The Balaban J connectivity index is 1.69. The zero-order valence-corrected chi connectivity index (χ0v) is 19.2. The lowest BCUT2D eigenvalue weighted by Crippen LogP contribution is -2.44. The first-order valence-electron chi connectivity index (χ1n) is 10.5. The van der Waals surface area contributed by atoms with Gasteiger partial charge in [0.05, 0.1) is 13.0 Å². The van der Waals surface area contributed by atoms with Gasteiger partial charge >= 0.3 is 0 Å². The maximum atomic E-state index is 13.1. The van der Waals surface area contributed by atoms with Crippen molar-refractivity contribution in [3.63, 3.8) is 0 Å². The van der Waals surface area contributed by atoms with Crippen LogP contribution in [0.5, 0.6) is 0 Å². The van der Waals surface area contributed by atoms with Crippen molar-refractivity contribution in [3.05, 3.63) is 64.4 Å². The van der Waals surface area contributed by atoms with E-state index in [1.807, 2.05) is 20.8 Å². The molecular formula is C24H27ClFN3O3. The topological polar surface area (TPSA) is 60.9 Å². The molecule has 3 amide bonds. The van der Waals surface area contributed by atoms with E-state index in [1.165, 1.54) is 26.8 Å². The lowest BCUT2D eigenvalue weighted by Gasteiger charge is -2.27. The van der Waals surface area contributed by atoms with E-state index in [2.05, 4.69) is 0 Å². The van der Waals surface area contributed by atoms with Crippen molar-refractivity contribution in [3.8, 4) is 0 Å². The van der Waals surface area contributed by atoms with Crippen LogP contribution in [0, 0.1) is 18.7 Å². The van der Waals surface area contributed by atoms with Crippen molar-refractivity contribution in [1.29, 1.82) is 0 Å². The number of rotatable bonds is 7. The molecule has 0 spiro atoms. The van der Waals surface area contributed by atoms with Crippen LogP contribution < -0.4 is 4.90 Å². The highest BCUT2D eigenvalue weighted by atomic mass is 35.5. The largest absolute Gasteiger partial charge is 0.333 e. The van der Waals surface area contributed by atoms with Crippen LogP contribution >= 0.6 is 11.6 Å². The molecule has 0 atom stereocenters. The number of hydrogen-bond donors (Lipinski definition) is 0. The van der Waals surface area contributed by atoms with Crippen molar-refractivity contribution in [2.24, 2.45) is 5.92 Å². The normalized spacial score (nSPS) is 13.8. The lowest BCUT2D eigenvalue weighted by molar-refractivity contribution is -0.140. The summed E-state index contributed by atoms with van der Waals surface area (Å²) in [5.41, 5.74) is 2.12. The minimum Gasteiger partial charge on any atom is -0.333 e. The Morgan fingerprint density at radius 2 is 1.84 bits per heavy atom. The molecule has 0 unspecified atom stereocenters. The third kappa shape index (κ3) is 5.65. The van der Waals surface area contributed by atoms with Crippen molar-refractivity contribution < 1.29 is 18.8 Å². The summed E-state index contributed by atoms with van der Waals surface area (Å²) in [4.78, 5) is 43.0. The van der Waals surface area contributed by atoms with Gasteiger partial charge in [0.2, 0.25) is 17.7 Å². The predicted molar refractivity (Wildman–Crippen MR) is 122 cm³/mol. The standard InChI is InChI=1S/C24H27ClFN3O3/c1-16(2)12-27(22(30)11-18-7-9-19(26)10-8-18)13-23(31)28-14-24(32)29(15-28)21-6-4-5-20(25)17(21)3/h4-10,16H,11-15H2,1-3H3. The molecular weight excluding hydrogens is 433 g/mol. The molecule has 1 fully saturated rings. The van der Waals surface area contributed by atoms with Gasteiger partial charge in [0.25, 0.3) is 0 Å². The number of carbonyl (C=O) groups excluding carboxylic acids is 3. The van der Waals surface area contributed by atoms with E-state index in [-0.39, 0.29) is 55.6 Å². The number of amides is 3. The highest BCUT2D eigenvalue weighted by Gasteiger charge is 2.33. The van der Waals surface area contributed by atoms with Crippen LogP contribution in [0.25, 0.3) is 0 Å². The third-order valence-electron chi connectivity index (χ3n) is 5.35. The highest BCUT2D eigenvalue weighted by Crippen LogP contribution is 2.28. The summed E-state index contributed by atoms with van der Waals surface area (Å²) in [5.74, 6) is -0.920. The van der Waals surface area contributed by atoms with Gasteiger partial charge in [-0.2, -0.15) is 0 Å². The Kier molecular flexibility index (Phi) is 7.51. The average Bonchev–Trinajstić information content (AvgIpc) is 3.12. The number of halogens is 2. The van der Waals surface area contributed by atoms with Crippen LogP contribution in [0.3, 0.4) is 0 Å². The van der Waals surface area contributed by atoms with Crippen molar-refractivity contribution in [2.75, 3.05) is 31.2 Å². The summed E-state index contributed by atoms with van der Waals surface area (Å²) in [5, 5.41) is 0.551. The van der Waals surface area contributed by atoms with E-state index in [9.17, 15) is 18.8 Å². The zero-order valence-electron chi connectivity index (χ0n) is 18.5. The smallest absolute Gasteiger partial charge is 0.248 e. The molecule has 0 aliphatic carbocycles. The van der Waals surface area contributed by atoms with Crippen LogP contribution in [0.15, 0.2) is 42.5 Å². The number of nitrogens with zero attached hydrogens (tertiary/aromatic N) is 3. The summed E-state index contributed by atoms with van der Waals surface area (Å²) in [6.07, 6.45) is 0.0764. The molecule has 0 bridgehead atoms. The molecule has 2 aromatic rings. The first kappa shape index (κ1) is 23.7.